The molecule has 2 amide bonds. The molecule has 0 saturated carbocycles. The molecule has 0 aromatic heterocycles. The topological polar surface area (TPSA) is 75.9 Å². The van der Waals surface area contributed by atoms with Crippen molar-refractivity contribution in [2.24, 2.45) is 5.73 Å². The Hall–Kier alpha value is -0.790. The summed E-state index contributed by atoms with van der Waals surface area (Å²) in [4.78, 5) is 27.2. The lowest BCUT2D eigenvalue weighted by molar-refractivity contribution is -0.146. The average molecular weight is 289 g/mol. The summed E-state index contributed by atoms with van der Waals surface area (Å²) in [6.07, 6.45) is 2.63. The summed E-state index contributed by atoms with van der Waals surface area (Å²) >= 11 is 1.66. The zero-order valence-corrected chi connectivity index (χ0v) is 12.4. The van der Waals surface area contributed by atoms with Crippen LogP contribution in [0, 0.1) is 0 Å². The first kappa shape index (κ1) is 16.3. The highest BCUT2D eigenvalue weighted by atomic mass is 32.2. The average Bonchev–Trinajstić information content (AvgIpc) is 2.42. The van der Waals surface area contributed by atoms with Crippen molar-refractivity contribution in [3.05, 3.63) is 0 Å². The number of nitrogens with two attached hydrogens (primary N) is 1. The van der Waals surface area contributed by atoms with Crippen molar-refractivity contribution >= 4 is 23.6 Å². The molecule has 6 nitrogen and oxygen atoms in total. The second-order valence-corrected chi connectivity index (χ2v) is 5.51. The van der Waals surface area contributed by atoms with E-state index in [4.69, 9.17) is 10.5 Å². The molecule has 0 radical (unpaired) electrons. The van der Waals surface area contributed by atoms with Crippen molar-refractivity contribution < 1.29 is 14.3 Å². The van der Waals surface area contributed by atoms with E-state index in [9.17, 15) is 9.59 Å². The lowest BCUT2D eigenvalue weighted by Crippen LogP contribution is -2.56. The molecule has 1 rings (SSSR count). The van der Waals surface area contributed by atoms with E-state index in [2.05, 4.69) is 0 Å². The van der Waals surface area contributed by atoms with Crippen LogP contribution in [0.2, 0.25) is 0 Å². The van der Waals surface area contributed by atoms with Gasteiger partial charge in [-0.05, 0) is 18.4 Å². The third-order valence-electron chi connectivity index (χ3n) is 3.15. The van der Waals surface area contributed by atoms with Gasteiger partial charge in [0, 0.05) is 26.7 Å². The Bertz CT molecular complexity index is 315. The largest absolute Gasteiger partial charge is 0.383 e. The molecule has 1 aliphatic rings. The van der Waals surface area contributed by atoms with E-state index in [1.807, 2.05) is 6.26 Å². The van der Waals surface area contributed by atoms with Crippen LogP contribution in [0.3, 0.4) is 0 Å². The van der Waals surface area contributed by atoms with Gasteiger partial charge in [0.2, 0.25) is 11.8 Å². The standard InChI is InChI=1S/C12H23N3O3S/c1-18-7-6-14-4-5-15(9-11(14)16)12(17)10(13)3-8-19-2/h10H,3-9,13H2,1-2H3. The number of carbonyl (C=O) groups is 2. The fourth-order valence-corrected chi connectivity index (χ4v) is 2.43. The van der Waals surface area contributed by atoms with Crippen LogP contribution in [0.25, 0.3) is 0 Å². The van der Waals surface area contributed by atoms with Gasteiger partial charge in [0.25, 0.3) is 0 Å². The molecule has 0 aliphatic carbocycles. The zero-order valence-electron chi connectivity index (χ0n) is 11.6. The highest BCUT2D eigenvalue weighted by molar-refractivity contribution is 7.98. The summed E-state index contributed by atoms with van der Waals surface area (Å²) in [5.74, 6) is 0.705. The Morgan fingerprint density at radius 3 is 2.84 bits per heavy atom. The van der Waals surface area contributed by atoms with Crippen LogP contribution in [-0.4, -0.2) is 79.6 Å². The zero-order chi connectivity index (χ0) is 14.3. The molecule has 19 heavy (non-hydrogen) atoms. The van der Waals surface area contributed by atoms with Gasteiger partial charge in [0.1, 0.15) is 0 Å². The van der Waals surface area contributed by atoms with E-state index in [0.717, 1.165) is 5.75 Å². The van der Waals surface area contributed by atoms with Gasteiger partial charge in [-0.2, -0.15) is 11.8 Å². The van der Waals surface area contributed by atoms with E-state index in [1.165, 1.54) is 0 Å². The van der Waals surface area contributed by atoms with Crippen molar-refractivity contribution in [2.45, 2.75) is 12.5 Å². The summed E-state index contributed by atoms with van der Waals surface area (Å²) in [5.41, 5.74) is 5.84. The van der Waals surface area contributed by atoms with Gasteiger partial charge >= 0.3 is 0 Å². The first-order valence-corrected chi connectivity index (χ1v) is 7.79. The van der Waals surface area contributed by atoms with E-state index in [1.54, 1.807) is 28.7 Å². The lowest BCUT2D eigenvalue weighted by Gasteiger charge is -2.35. The van der Waals surface area contributed by atoms with Crippen molar-refractivity contribution in [1.29, 1.82) is 0 Å². The molecule has 0 aromatic rings. The predicted octanol–water partition coefficient (Wildman–Crippen LogP) is -0.616. The quantitative estimate of drug-likeness (QED) is 0.676. The monoisotopic (exact) mass is 289 g/mol. The fraction of sp³-hybridized carbons (Fsp3) is 0.833. The van der Waals surface area contributed by atoms with Crippen LogP contribution in [-0.2, 0) is 14.3 Å². The van der Waals surface area contributed by atoms with Crippen molar-refractivity contribution in [1.82, 2.24) is 9.80 Å². The molecule has 1 fully saturated rings. The lowest BCUT2D eigenvalue weighted by atomic mass is 10.2. The number of thioether (sulfide) groups is 1. The first-order chi connectivity index (χ1) is 9.10. The molecule has 110 valence electrons. The number of carbonyl (C=O) groups excluding carboxylic acids is 2. The van der Waals surface area contributed by atoms with Gasteiger partial charge in [-0.3, -0.25) is 9.59 Å². The number of amides is 2. The Morgan fingerprint density at radius 1 is 1.53 bits per heavy atom. The molecular formula is C12H23N3O3S. The molecule has 1 saturated heterocycles. The third kappa shape index (κ3) is 5.00. The van der Waals surface area contributed by atoms with E-state index < -0.39 is 6.04 Å². The number of hydrogen-bond donors (Lipinski definition) is 1. The summed E-state index contributed by atoms with van der Waals surface area (Å²) in [6.45, 7) is 2.35. The smallest absolute Gasteiger partial charge is 0.242 e. The second kappa shape index (κ2) is 8.39. The van der Waals surface area contributed by atoms with Gasteiger partial charge in [-0.1, -0.05) is 0 Å². The molecule has 1 atom stereocenters. The molecular weight excluding hydrogens is 266 g/mol. The maximum absolute atomic E-state index is 12.1. The highest BCUT2D eigenvalue weighted by Gasteiger charge is 2.29. The highest BCUT2D eigenvalue weighted by Crippen LogP contribution is 2.07. The Labute approximate surface area is 118 Å². The van der Waals surface area contributed by atoms with Gasteiger partial charge in [-0.25, -0.2) is 0 Å². The molecule has 0 spiro atoms. The van der Waals surface area contributed by atoms with Crippen LogP contribution in [0.1, 0.15) is 6.42 Å². The first-order valence-electron chi connectivity index (χ1n) is 6.40. The predicted molar refractivity (Wildman–Crippen MR) is 76.0 cm³/mol. The van der Waals surface area contributed by atoms with Crippen molar-refractivity contribution in [3.8, 4) is 0 Å². The van der Waals surface area contributed by atoms with E-state index >= 15 is 0 Å². The Kier molecular flexibility index (Phi) is 7.19. The number of rotatable bonds is 7. The number of ether oxygens (including phenoxy) is 1. The normalized spacial score (nSPS) is 17.7. The number of methoxy groups -OCH3 is 1. The third-order valence-corrected chi connectivity index (χ3v) is 3.79. The van der Waals surface area contributed by atoms with Crippen LogP contribution < -0.4 is 5.73 Å². The molecule has 7 heteroatoms. The Morgan fingerprint density at radius 2 is 2.26 bits per heavy atom. The van der Waals surface area contributed by atoms with Crippen molar-refractivity contribution in [3.63, 3.8) is 0 Å². The second-order valence-electron chi connectivity index (χ2n) is 4.52. The maximum atomic E-state index is 12.1. The summed E-state index contributed by atoms with van der Waals surface area (Å²) in [7, 11) is 1.61. The van der Waals surface area contributed by atoms with E-state index in [0.29, 0.717) is 32.7 Å². The number of nitrogens with zero attached hydrogens (tertiary/aromatic N) is 2. The van der Waals surface area contributed by atoms with Crippen LogP contribution >= 0.6 is 11.8 Å². The van der Waals surface area contributed by atoms with Gasteiger partial charge in [0.15, 0.2) is 0 Å². The van der Waals surface area contributed by atoms with Gasteiger partial charge in [-0.15, -0.1) is 0 Å². The molecule has 1 unspecified atom stereocenters. The minimum Gasteiger partial charge on any atom is -0.383 e. The number of hydrogen-bond acceptors (Lipinski definition) is 5. The molecule has 1 heterocycles. The molecule has 0 aromatic carbocycles. The molecule has 1 aliphatic heterocycles. The minimum absolute atomic E-state index is 0.0336. The van der Waals surface area contributed by atoms with Gasteiger partial charge < -0.3 is 20.3 Å². The Balaban J connectivity index is 2.42. The SMILES string of the molecule is COCCN1CCN(C(=O)C(N)CCSC)CC1=O. The summed E-state index contributed by atoms with van der Waals surface area (Å²) in [5, 5.41) is 0. The summed E-state index contributed by atoms with van der Waals surface area (Å²) in [6, 6.07) is -0.495. The fourth-order valence-electron chi connectivity index (χ4n) is 1.94. The van der Waals surface area contributed by atoms with Crippen LogP contribution in [0.15, 0.2) is 0 Å². The van der Waals surface area contributed by atoms with Crippen molar-refractivity contribution in [2.75, 3.05) is 51.9 Å². The van der Waals surface area contributed by atoms with Gasteiger partial charge in [0.05, 0.1) is 19.2 Å². The maximum Gasteiger partial charge on any atom is 0.242 e. The minimum atomic E-state index is -0.495. The van der Waals surface area contributed by atoms with Crippen LogP contribution in [0.4, 0.5) is 0 Å². The number of piperazine rings is 1. The van der Waals surface area contributed by atoms with Crippen LogP contribution in [0.5, 0.6) is 0 Å². The molecule has 2 N–H and O–H groups in total. The molecule has 0 bridgehead atoms. The summed E-state index contributed by atoms with van der Waals surface area (Å²) < 4.78 is 4.95. The van der Waals surface area contributed by atoms with E-state index in [-0.39, 0.29) is 18.4 Å².